The molecule has 0 aliphatic heterocycles. The van der Waals surface area contributed by atoms with E-state index in [1.807, 2.05) is 0 Å². The monoisotopic (exact) mass is 281 g/mol. The number of alkyl halides is 3. The van der Waals surface area contributed by atoms with Gasteiger partial charge in [0.05, 0.1) is 5.69 Å². The third-order valence-electron chi connectivity index (χ3n) is 1.30. The molecule has 0 saturated carbocycles. The van der Waals surface area contributed by atoms with E-state index in [1.54, 1.807) is 0 Å². The summed E-state index contributed by atoms with van der Waals surface area (Å²) in [5.41, 5.74) is 7.91. The van der Waals surface area contributed by atoms with E-state index < -0.39 is 12.1 Å². The molecule has 0 bridgehead atoms. The number of azide groups is 1. The standard InChI is InChI=1S/C7H3BrF3N3O/c8-4-1-2-6(15-7(9,10)11)5(3-4)13-14-12/h1-3H. The van der Waals surface area contributed by atoms with Crippen LogP contribution in [0.15, 0.2) is 27.8 Å². The minimum absolute atomic E-state index is 0.232. The lowest BCUT2D eigenvalue weighted by Crippen LogP contribution is -2.17. The van der Waals surface area contributed by atoms with Gasteiger partial charge in [0.25, 0.3) is 0 Å². The molecule has 15 heavy (non-hydrogen) atoms. The number of nitrogens with zero attached hydrogens (tertiary/aromatic N) is 3. The highest BCUT2D eigenvalue weighted by molar-refractivity contribution is 9.10. The summed E-state index contributed by atoms with van der Waals surface area (Å²) in [7, 11) is 0. The highest BCUT2D eigenvalue weighted by atomic mass is 79.9. The van der Waals surface area contributed by atoms with Gasteiger partial charge in [-0.2, -0.15) is 0 Å². The van der Waals surface area contributed by atoms with Crippen LogP contribution in [0.1, 0.15) is 0 Å². The summed E-state index contributed by atoms with van der Waals surface area (Å²) in [4.78, 5) is 2.39. The van der Waals surface area contributed by atoms with Crippen molar-refractivity contribution in [3.8, 4) is 5.75 Å². The van der Waals surface area contributed by atoms with Crippen LogP contribution in [0.25, 0.3) is 10.4 Å². The van der Waals surface area contributed by atoms with Gasteiger partial charge in [0.2, 0.25) is 0 Å². The van der Waals surface area contributed by atoms with Gasteiger partial charge < -0.3 is 4.74 Å². The topological polar surface area (TPSA) is 58.0 Å². The van der Waals surface area contributed by atoms with E-state index in [0.29, 0.717) is 4.47 Å². The lowest BCUT2D eigenvalue weighted by atomic mass is 10.3. The summed E-state index contributed by atoms with van der Waals surface area (Å²) in [5.74, 6) is -0.538. The normalized spacial score (nSPS) is 10.7. The van der Waals surface area contributed by atoms with Crippen molar-refractivity contribution in [3.63, 3.8) is 0 Å². The van der Waals surface area contributed by atoms with Crippen molar-refractivity contribution in [1.82, 2.24) is 0 Å². The summed E-state index contributed by atoms with van der Waals surface area (Å²) in [6.07, 6.45) is -4.81. The van der Waals surface area contributed by atoms with Crippen molar-refractivity contribution in [2.45, 2.75) is 6.36 Å². The Hall–Kier alpha value is -1.40. The summed E-state index contributed by atoms with van der Waals surface area (Å²) >= 11 is 3.03. The molecule has 1 rings (SSSR count). The number of halogens is 4. The molecule has 0 N–H and O–H groups in total. The van der Waals surface area contributed by atoms with Gasteiger partial charge in [0.15, 0.2) is 0 Å². The molecule has 1 aromatic rings. The predicted octanol–water partition coefficient (Wildman–Crippen LogP) is 4.29. The number of rotatable bonds is 2. The van der Waals surface area contributed by atoms with Gasteiger partial charge in [-0.05, 0) is 23.7 Å². The van der Waals surface area contributed by atoms with E-state index in [2.05, 4.69) is 30.7 Å². The number of hydrogen-bond acceptors (Lipinski definition) is 2. The molecular weight excluding hydrogens is 279 g/mol. The molecule has 0 saturated heterocycles. The van der Waals surface area contributed by atoms with Crippen LogP contribution in [0.2, 0.25) is 0 Å². The fraction of sp³-hybridized carbons (Fsp3) is 0.143. The summed E-state index contributed by atoms with van der Waals surface area (Å²) in [6, 6.07) is 3.62. The molecule has 8 heteroatoms. The smallest absolute Gasteiger partial charge is 0.405 e. The van der Waals surface area contributed by atoms with Crippen molar-refractivity contribution in [1.29, 1.82) is 0 Å². The molecule has 0 amide bonds. The lowest BCUT2D eigenvalue weighted by Gasteiger charge is -2.10. The van der Waals surface area contributed by atoms with Crippen LogP contribution in [0.5, 0.6) is 5.75 Å². The van der Waals surface area contributed by atoms with Crippen LogP contribution >= 0.6 is 15.9 Å². The Morgan fingerprint density at radius 3 is 2.60 bits per heavy atom. The summed E-state index contributed by atoms with van der Waals surface area (Å²) in [5, 5.41) is 3.08. The molecule has 0 aliphatic carbocycles. The zero-order valence-corrected chi connectivity index (χ0v) is 8.58. The van der Waals surface area contributed by atoms with Gasteiger partial charge in [-0.25, -0.2) is 0 Å². The molecule has 4 nitrogen and oxygen atoms in total. The maximum Gasteiger partial charge on any atom is 0.573 e. The van der Waals surface area contributed by atoms with E-state index in [-0.39, 0.29) is 5.69 Å². The van der Waals surface area contributed by atoms with Crippen molar-refractivity contribution in [2.24, 2.45) is 5.11 Å². The van der Waals surface area contributed by atoms with Crippen molar-refractivity contribution >= 4 is 21.6 Å². The van der Waals surface area contributed by atoms with Crippen LogP contribution in [-0.4, -0.2) is 6.36 Å². The first-order valence-corrected chi connectivity index (χ1v) is 4.32. The maximum atomic E-state index is 11.9. The lowest BCUT2D eigenvalue weighted by molar-refractivity contribution is -0.274. The zero-order chi connectivity index (χ0) is 11.5. The van der Waals surface area contributed by atoms with E-state index in [0.717, 1.165) is 6.07 Å². The maximum absolute atomic E-state index is 11.9. The van der Waals surface area contributed by atoms with E-state index in [4.69, 9.17) is 5.53 Å². The van der Waals surface area contributed by atoms with Crippen molar-refractivity contribution in [3.05, 3.63) is 33.1 Å². The third-order valence-corrected chi connectivity index (χ3v) is 1.79. The second-order valence-corrected chi connectivity index (χ2v) is 3.26. The van der Waals surface area contributed by atoms with Gasteiger partial charge in [-0.3, -0.25) is 0 Å². The zero-order valence-electron chi connectivity index (χ0n) is 6.99. The largest absolute Gasteiger partial charge is 0.573 e. The second kappa shape index (κ2) is 4.41. The third kappa shape index (κ3) is 3.69. The molecule has 0 aliphatic rings. The van der Waals surface area contributed by atoms with E-state index in [1.165, 1.54) is 12.1 Å². The number of ether oxygens (including phenoxy) is 1. The predicted molar refractivity (Wildman–Crippen MR) is 49.6 cm³/mol. The summed E-state index contributed by atoms with van der Waals surface area (Å²) in [6.45, 7) is 0. The molecule has 0 unspecified atom stereocenters. The van der Waals surface area contributed by atoms with Crippen LogP contribution in [0, 0.1) is 0 Å². The molecule has 0 radical (unpaired) electrons. The van der Waals surface area contributed by atoms with Gasteiger partial charge in [0, 0.05) is 9.38 Å². The molecule has 0 spiro atoms. The number of hydrogen-bond donors (Lipinski definition) is 0. The first-order chi connectivity index (χ1) is 6.92. The van der Waals surface area contributed by atoms with Crippen LogP contribution in [0.3, 0.4) is 0 Å². The van der Waals surface area contributed by atoms with E-state index in [9.17, 15) is 13.2 Å². The summed E-state index contributed by atoms with van der Waals surface area (Å²) < 4.78 is 39.8. The Morgan fingerprint density at radius 2 is 2.07 bits per heavy atom. The van der Waals surface area contributed by atoms with Gasteiger partial charge in [0.1, 0.15) is 5.75 Å². The molecular formula is C7H3BrF3N3O. The van der Waals surface area contributed by atoms with Crippen LogP contribution < -0.4 is 4.74 Å². The van der Waals surface area contributed by atoms with Crippen molar-refractivity contribution in [2.75, 3.05) is 0 Å². The first kappa shape index (κ1) is 11.7. The average molecular weight is 282 g/mol. The number of benzene rings is 1. The Morgan fingerprint density at radius 1 is 1.40 bits per heavy atom. The Labute approximate surface area is 90.4 Å². The molecule has 0 aromatic heterocycles. The molecule has 0 fully saturated rings. The first-order valence-electron chi connectivity index (χ1n) is 3.53. The fourth-order valence-corrected chi connectivity index (χ4v) is 1.18. The molecule has 0 heterocycles. The average Bonchev–Trinajstić information content (AvgIpc) is 2.08. The Bertz CT molecular complexity index is 414. The van der Waals surface area contributed by atoms with Gasteiger partial charge in [-0.1, -0.05) is 21.0 Å². The minimum atomic E-state index is -4.81. The fourth-order valence-electron chi connectivity index (χ4n) is 0.828. The van der Waals surface area contributed by atoms with Gasteiger partial charge in [-0.15, -0.1) is 13.2 Å². The Balaban J connectivity index is 3.11. The second-order valence-electron chi connectivity index (χ2n) is 2.35. The SMILES string of the molecule is [N-]=[N+]=Nc1cc(Br)ccc1OC(F)(F)F. The van der Waals surface area contributed by atoms with E-state index >= 15 is 0 Å². The molecule has 80 valence electrons. The highest BCUT2D eigenvalue weighted by Crippen LogP contribution is 2.34. The Kier molecular flexibility index (Phi) is 3.43. The molecule has 1 aromatic carbocycles. The van der Waals surface area contributed by atoms with Crippen LogP contribution in [0.4, 0.5) is 18.9 Å². The molecule has 0 atom stereocenters. The van der Waals surface area contributed by atoms with Crippen molar-refractivity contribution < 1.29 is 17.9 Å². The van der Waals surface area contributed by atoms with Gasteiger partial charge >= 0.3 is 6.36 Å². The van der Waals surface area contributed by atoms with Crippen LogP contribution in [-0.2, 0) is 0 Å². The minimum Gasteiger partial charge on any atom is -0.405 e. The quantitative estimate of drug-likeness (QED) is 0.453. The highest BCUT2D eigenvalue weighted by Gasteiger charge is 2.31.